The van der Waals surface area contributed by atoms with Crippen molar-refractivity contribution in [3.05, 3.63) is 28.8 Å². The van der Waals surface area contributed by atoms with Gasteiger partial charge in [-0.2, -0.15) is 5.26 Å². The lowest BCUT2D eigenvalue weighted by molar-refractivity contribution is 0.543. The molecule has 1 N–H and O–H groups in total. The van der Waals surface area contributed by atoms with Crippen molar-refractivity contribution in [2.24, 2.45) is 5.92 Å². The van der Waals surface area contributed by atoms with Crippen molar-refractivity contribution in [2.45, 2.75) is 11.3 Å². The SMILES string of the molecule is N#Cc1ccc(Cl)c(S(=O)(=O)NCC2CCS(=O)(=O)C2)c1. The maximum absolute atomic E-state index is 12.2. The molecule has 1 atom stereocenters. The molecule has 1 heterocycles. The predicted molar refractivity (Wildman–Crippen MR) is 78.1 cm³/mol. The molecule has 1 saturated heterocycles. The molecule has 0 amide bonds. The molecule has 0 spiro atoms. The summed E-state index contributed by atoms with van der Waals surface area (Å²) < 4.78 is 49.4. The second-order valence-corrected chi connectivity index (χ2v) is 9.25. The van der Waals surface area contributed by atoms with E-state index in [-0.39, 0.29) is 39.4 Å². The zero-order valence-electron chi connectivity index (χ0n) is 10.9. The van der Waals surface area contributed by atoms with E-state index >= 15 is 0 Å². The van der Waals surface area contributed by atoms with Crippen LogP contribution >= 0.6 is 11.6 Å². The maximum Gasteiger partial charge on any atom is 0.242 e. The van der Waals surface area contributed by atoms with Gasteiger partial charge in [-0.1, -0.05) is 11.6 Å². The lowest BCUT2D eigenvalue weighted by atomic mass is 10.1. The van der Waals surface area contributed by atoms with Crippen LogP contribution in [0, 0.1) is 17.2 Å². The fraction of sp³-hybridized carbons (Fsp3) is 0.417. The van der Waals surface area contributed by atoms with Crippen LogP contribution < -0.4 is 4.72 Å². The van der Waals surface area contributed by atoms with Gasteiger partial charge in [-0.3, -0.25) is 0 Å². The number of rotatable bonds is 4. The molecule has 1 aliphatic rings. The van der Waals surface area contributed by atoms with Crippen molar-refractivity contribution < 1.29 is 16.8 Å². The van der Waals surface area contributed by atoms with Crippen LogP contribution in [0.1, 0.15) is 12.0 Å². The molecule has 0 radical (unpaired) electrons. The Hall–Kier alpha value is -1.14. The molecule has 21 heavy (non-hydrogen) atoms. The van der Waals surface area contributed by atoms with Crippen molar-refractivity contribution >= 4 is 31.5 Å². The molecule has 1 aliphatic heterocycles. The minimum Gasteiger partial charge on any atom is -0.229 e. The first-order valence-electron chi connectivity index (χ1n) is 6.13. The lowest BCUT2D eigenvalue weighted by Crippen LogP contribution is -2.30. The van der Waals surface area contributed by atoms with Gasteiger partial charge < -0.3 is 0 Å². The molecule has 1 aromatic carbocycles. The molecule has 0 saturated carbocycles. The Labute approximate surface area is 128 Å². The van der Waals surface area contributed by atoms with E-state index in [1.807, 2.05) is 6.07 Å². The van der Waals surface area contributed by atoms with Gasteiger partial charge in [-0.15, -0.1) is 0 Å². The summed E-state index contributed by atoms with van der Waals surface area (Å²) in [5.41, 5.74) is 0.184. The molecule has 0 aromatic heterocycles. The van der Waals surface area contributed by atoms with Crippen LogP contribution in [0.4, 0.5) is 0 Å². The van der Waals surface area contributed by atoms with Crippen molar-refractivity contribution in [3.8, 4) is 6.07 Å². The molecule has 1 unspecified atom stereocenters. The van der Waals surface area contributed by atoms with E-state index in [4.69, 9.17) is 16.9 Å². The van der Waals surface area contributed by atoms with Crippen LogP contribution in [0.15, 0.2) is 23.1 Å². The summed E-state index contributed by atoms with van der Waals surface area (Å²) >= 11 is 5.85. The van der Waals surface area contributed by atoms with Crippen molar-refractivity contribution in [1.82, 2.24) is 4.72 Å². The molecule has 1 aromatic rings. The van der Waals surface area contributed by atoms with Crippen molar-refractivity contribution in [3.63, 3.8) is 0 Å². The lowest BCUT2D eigenvalue weighted by Gasteiger charge is -2.11. The Balaban J connectivity index is 2.14. The maximum atomic E-state index is 12.2. The van der Waals surface area contributed by atoms with Crippen LogP contribution in [0.3, 0.4) is 0 Å². The molecule has 1 fully saturated rings. The Bertz CT molecular complexity index is 797. The third kappa shape index (κ3) is 3.95. The van der Waals surface area contributed by atoms with Gasteiger partial charge in [0, 0.05) is 6.54 Å². The topological polar surface area (TPSA) is 104 Å². The van der Waals surface area contributed by atoms with Gasteiger partial charge in [0.05, 0.1) is 28.2 Å². The van der Waals surface area contributed by atoms with Crippen molar-refractivity contribution in [2.75, 3.05) is 18.1 Å². The normalized spacial score (nSPS) is 21.0. The zero-order valence-corrected chi connectivity index (χ0v) is 13.3. The Morgan fingerprint density at radius 2 is 2.14 bits per heavy atom. The second kappa shape index (κ2) is 5.93. The van der Waals surface area contributed by atoms with Gasteiger partial charge in [0.2, 0.25) is 10.0 Å². The van der Waals surface area contributed by atoms with E-state index in [0.717, 1.165) is 0 Å². The fourth-order valence-electron chi connectivity index (χ4n) is 2.12. The fourth-order valence-corrected chi connectivity index (χ4v) is 5.62. The molecular formula is C12H13ClN2O4S2. The van der Waals surface area contributed by atoms with Gasteiger partial charge in [0.1, 0.15) is 4.90 Å². The first-order chi connectivity index (χ1) is 9.73. The van der Waals surface area contributed by atoms with Crippen LogP contribution in [-0.2, 0) is 19.9 Å². The summed E-state index contributed by atoms with van der Waals surface area (Å²) in [6.07, 6.45) is 0.441. The number of sulfonamides is 1. The molecule has 0 bridgehead atoms. The Morgan fingerprint density at radius 3 is 2.71 bits per heavy atom. The highest BCUT2D eigenvalue weighted by molar-refractivity contribution is 7.91. The molecular weight excluding hydrogens is 336 g/mol. The summed E-state index contributed by atoms with van der Waals surface area (Å²) in [6, 6.07) is 5.80. The zero-order chi connectivity index (χ0) is 15.7. The van der Waals surface area contributed by atoms with Crippen LogP contribution in [0.25, 0.3) is 0 Å². The quantitative estimate of drug-likeness (QED) is 0.871. The third-order valence-corrected chi connectivity index (χ3v) is 6.98. The summed E-state index contributed by atoms with van der Waals surface area (Å²) in [7, 11) is -6.93. The highest BCUT2D eigenvalue weighted by Gasteiger charge is 2.29. The number of nitrogens with zero attached hydrogens (tertiary/aromatic N) is 1. The number of halogens is 1. The first kappa shape index (κ1) is 16.2. The standard InChI is InChI=1S/C12H13ClN2O4S2/c13-11-2-1-9(6-14)5-12(11)21(18,19)15-7-10-3-4-20(16,17)8-10/h1-2,5,10,15H,3-4,7-8H2. The summed E-state index contributed by atoms with van der Waals surface area (Å²) in [4.78, 5) is -0.177. The van der Waals surface area contributed by atoms with E-state index in [0.29, 0.717) is 6.42 Å². The number of benzene rings is 1. The largest absolute Gasteiger partial charge is 0.242 e. The summed E-state index contributed by atoms with van der Waals surface area (Å²) in [5.74, 6) is -0.159. The minimum absolute atomic E-state index is 0.0124. The number of nitriles is 1. The van der Waals surface area contributed by atoms with Crippen LogP contribution in [0.5, 0.6) is 0 Å². The number of nitrogens with one attached hydrogen (secondary N) is 1. The number of sulfone groups is 1. The van der Waals surface area contributed by atoms with Gasteiger partial charge >= 0.3 is 0 Å². The number of hydrogen-bond donors (Lipinski definition) is 1. The predicted octanol–water partition coefficient (Wildman–Crippen LogP) is 0.925. The van der Waals surface area contributed by atoms with Crippen LogP contribution in [0.2, 0.25) is 5.02 Å². The summed E-state index contributed by atoms with van der Waals surface area (Å²) in [5, 5.41) is 8.82. The molecule has 6 nitrogen and oxygen atoms in total. The monoisotopic (exact) mass is 348 g/mol. The molecule has 0 aliphatic carbocycles. The molecule has 9 heteroatoms. The average molecular weight is 349 g/mol. The van der Waals surface area contributed by atoms with E-state index in [2.05, 4.69) is 4.72 Å². The van der Waals surface area contributed by atoms with Gasteiger partial charge in [0.15, 0.2) is 9.84 Å². The van der Waals surface area contributed by atoms with Crippen molar-refractivity contribution in [1.29, 1.82) is 5.26 Å². The highest BCUT2D eigenvalue weighted by atomic mass is 35.5. The molecule has 2 rings (SSSR count). The van der Waals surface area contributed by atoms with E-state index in [9.17, 15) is 16.8 Å². The van der Waals surface area contributed by atoms with Gasteiger partial charge in [-0.25, -0.2) is 21.6 Å². The Kier molecular flexibility index (Phi) is 4.58. The second-order valence-electron chi connectivity index (χ2n) is 4.88. The smallest absolute Gasteiger partial charge is 0.229 e. The average Bonchev–Trinajstić information content (AvgIpc) is 2.76. The Morgan fingerprint density at radius 1 is 1.43 bits per heavy atom. The first-order valence-corrected chi connectivity index (χ1v) is 9.81. The van der Waals surface area contributed by atoms with Gasteiger partial charge in [-0.05, 0) is 30.5 Å². The molecule has 114 valence electrons. The minimum atomic E-state index is -3.88. The van der Waals surface area contributed by atoms with E-state index in [1.54, 1.807) is 0 Å². The number of hydrogen-bond acceptors (Lipinski definition) is 5. The van der Waals surface area contributed by atoms with Gasteiger partial charge in [0.25, 0.3) is 0 Å². The van der Waals surface area contributed by atoms with Crippen LogP contribution in [-0.4, -0.2) is 34.9 Å². The summed E-state index contributed by atoms with van der Waals surface area (Å²) in [6.45, 7) is 0.0364. The van der Waals surface area contributed by atoms with E-state index in [1.165, 1.54) is 18.2 Å². The third-order valence-electron chi connectivity index (χ3n) is 3.24. The van der Waals surface area contributed by atoms with E-state index < -0.39 is 19.9 Å². The highest BCUT2D eigenvalue weighted by Crippen LogP contribution is 2.23.